The fraction of sp³-hybridized carbons (Fsp3) is 0.364. The monoisotopic (exact) mass is 447 g/mol. The van der Waals surface area contributed by atoms with Crippen molar-refractivity contribution in [2.75, 3.05) is 6.61 Å². The summed E-state index contributed by atoms with van der Waals surface area (Å²) in [7, 11) is 1.99. The Morgan fingerprint density at radius 2 is 2.03 bits per heavy atom. The van der Waals surface area contributed by atoms with Gasteiger partial charge in [0.2, 0.25) is 0 Å². The van der Waals surface area contributed by atoms with Crippen LogP contribution in [-0.2, 0) is 26.4 Å². The minimum Gasteiger partial charge on any atom is -0.506 e. The lowest BCUT2D eigenvalue weighted by molar-refractivity contribution is 0.0691. The molecule has 0 spiro atoms. The normalized spacial score (nSPS) is 13.8. The molecule has 31 heavy (non-hydrogen) atoms. The second kappa shape index (κ2) is 8.74. The third-order valence-corrected chi connectivity index (χ3v) is 5.92. The lowest BCUT2D eigenvalue weighted by Gasteiger charge is -2.13. The number of rotatable bonds is 5. The molecule has 0 radical (unpaired) electrons. The van der Waals surface area contributed by atoms with Crippen LogP contribution in [0.2, 0.25) is 0 Å². The van der Waals surface area contributed by atoms with Crippen molar-refractivity contribution < 1.29 is 20.1 Å². The second-order valence-electron chi connectivity index (χ2n) is 7.92. The largest absolute Gasteiger partial charge is 0.506 e. The number of pyridine rings is 1. The molecule has 0 bridgehead atoms. The van der Waals surface area contributed by atoms with Gasteiger partial charge < -0.3 is 30.2 Å². The van der Waals surface area contributed by atoms with E-state index in [0.717, 1.165) is 40.6 Å². The van der Waals surface area contributed by atoms with Gasteiger partial charge >= 0.3 is 5.97 Å². The zero-order valence-corrected chi connectivity index (χ0v) is 18.2. The first-order valence-corrected chi connectivity index (χ1v) is 9.99. The number of aryl methyl sites for hydroxylation is 2. The number of carboxylic acids is 1. The van der Waals surface area contributed by atoms with Gasteiger partial charge in [0.25, 0.3) is 5.56 Å². The highest BCUT2D eigenvalue weighted by atomic mass is 35.5. The Morgan fingerprint density at radius 3 is 2.71 bits per heavy atom. The fourth-order valence-corrected chi connectivity index (χ4v) is 4.19. The number of H-pyrrole nitrogens is 1. The SMILES string of the molecule is CC(CO)NCc1cc2cc3c(cc2n1C)CCCc1c-3[nH]c(=O)c(C(=O)O)c1O.Cl. The smallest absolute Gasteiger partial charge is 0.345 e. The van der Waals surface area contributed by atoms with Crippen LogP contribution in [0.4, 0.5) is 0 Å². The van der Waals surface area contributed by atoms with Crippen molar-refractivity contribution in [3.8, 4) is 17.0 Å². The van der Waals surface area contributed by atoms with E-state index in [1.54, 1.807) is 0 Å². The first kappa shape index (κ1) is 22.9. The number of fused-ring (bicyclic) bond motifs is 4. The maximum Gasteiger partial charge on any atom is 0.345 e. The number of carbonyl (C=O) groups is 1. The third-order valence-electron chi connectivity index (χ3n) is 5.92. The highest BCUT2D eigenvalue weighted by Crippen LogP contribution is 2.38. The molecular weight excluding hydrogens is 422 g/mol. The number of carboxylic acid groups (broad SMARTS) is 1. The molecule has 1 aliphatic carbocycles. The number of hydrogen-bond acceptors (Lipinski definition) is 5. The van der Waals surface area contributed by atoms with Crippen molar-refractivity contribution in [1.82, 2.24) is 14.9 Å². The predicted octanol–water partition coefficient (Wildman–Crippen LogP) is 2.32. The third kappa shape index (κ3) is 3.94. The van der Waals surface area contributed by atoms with Crippen LogP contribution < -0.4 is 10.9 Å². The molecule has 9 heteroatoms. The topological polar surface area (TPSA) is 128 Å². The molecule has 3 aromatic rings. The maximum absolute atomic E-state index is 12.3. The summed E-state index contributed by atoms with van der Waals surface area (Å²) in [4.78, 5) is 26.5. The van der Waals surface area contributed by atoms with Gasteiger partial charge in [-0.1, -0.05) is 0 Å². The molecule has 5 N–H and O–H groups in total. The lowest BCUT2D eigenvalue weighted by Crippen LogP contribution is -2.29. The molecule has 0 fully saturated rings. The first-order valence-electron chi connectivity index (χ1n) is 9.99. The summed E-state index contributed by atoms with van der Waals surface area (Å²) in [6.07, 6.45) is 1.97. The number of halogens is 1. The van der Waals surface area contributed by atoms with Crippen LogP contribution >= 0.6 is 12.4 Å². The van der Waals surface area contributed by atoms with Crippen molar-refractivity contribution in [3.05, 3.63) is 50.9 Å². The molecular formula is C22H26ClN3O5. The molecule has 1 aliphatic rings. The van der Waals surface area contributed by atoms with E-state index < -0.39 is 22.8 Å². The lowest BCUT2D eigenvalue weighted by atomic mass is 9.98. The molecule has 0 amide bonds. The van der Waals surface area contributed by atoms with Crippen LogP contribution in [0.15, 0.2) is 23.0 Å². The van der Waals surface area contributed by atoms with E-state index in [1.807, 2.05) is 20.0 Å². The van der Waals surface area contributed by atoms with Crippen LogP contribution in [0.5, 0.6) is 5.75 Å². The molecule has 0 aliphatic heterocycles. The molecule has 1 unspecified atom stereocenters. The Balaban J connectivity index is 0.00000272. The van der Waals surface area contributed by atoms with Gasteiger partial charge in [-0.2, -0.15) is 0 Å². The predicted molar refractivity (Wildman–Crippen MR) is 120 cm³/mol. The highest BCUT2D eigenvalue weighted by Gasteiger charge is 2.26. The van der Waals surface area contributed by atoms with E-state index in [4.69, 9.17) is 0 Å². The van der Waals surface area contributed by atoms with Gasteiger partial charge in [0, 0.05) is 47.4 Å². The number of hydrogen-bond donors (Lipinski definition) is 5. The van der Waals surface area contributed by atoms with Crippen LogP contribution in [0.1, 0.15) is 40.5 Å². The van der Waals surface area contributed by atoms with Crippen molar-refractivity contribution >= 4 is 29.3 Å². The summed E-state index contributed by atoms with van der Waals surface area (Å²) in [5.74, 6) is -1.88. The highest BCUT2D eigenvalue weighted by molar-refractivity contribution is 5.93. The van der Waals surface area contributed by atoms with Gasteiger partial charge in [-0.05, 0) is 49.9 Å². The molecule has 1 atom stereocenters. The minimum atomic E-state index is -1.44. The number of nitrogens with zero attached hydrogens (tertiary/aromatic N) is 1. The van der Waals surface area contributed by atoms with Gasteiger partial charge in [0.15, 0.2) is 5.56 Å². The molecule has 8 nitrogen and oxygen atoms in total. The molecule has 0 saturated heterocycles. The number of aliphatic hydroxyl groups is 1. The van der Waals surface area contributed by atoms with E-state index in [1.165, 1.54) is 0 Å². The Bertz CT molecular complexity index is 1210. The zero-order valence-electron chi connectivity index (χ0n) is 17.4. The molecule has 2 heterocycles. The van der Waals surface area contributed by atoms with Crippen LogP contribution in [0, 0.1) is 0 Å². The molecule has 4 rings (SSSR count). The Kier molecular flexibility index (Phi) is 6.45. The standard InChI is InChI=1S/C22H25N3O5.ClH/c1-11(10-26)23-9-14-6-13-7-16-12(8-17(13)25(14)2)4-3-5-15-19(16)24-21(28)18(20(15)27)22(29)30;/h6-8,11,23,26H,3-5,9-10H2,1-2H3,(H,29,30)(H2,24,27,28);1H. The Hall–Kier alpha value is -2.81. The van der Waals surface area contributed by atoms with Gasteiger partial charge in [-0.25, -0.2) is 4.79 Å². The Labute approximate surface area is 184 Å². The zero-order chi connectivity index (χ0) is 21.6. The number of aromatic hydroxyl groups is 1. The van der Waals surface area contributed by atoms with Crippen molar-refractivity contribution in [2.45, 2.75) is 38.8 Å². The number of aromatic nitrogens is 2. The summed E-state index contributed by atoms with van der Waals surface area (Å²) >= 11 is 0. The van der Waals surface area contributed by atoms with Gasteiger partial charge in [-0.15, -0.1) is 12.4 Å². The fourth-order valence-electron chi connectivity index (χ4n) is 4.19. The molecule has 0 saturated carbocycles. The summed E-state index contributed by atoms with van der Waals surface area (Å²) < 4.78 is 2.10. The average Bonchev–Trinajstić information content (AvgIpc) is 2.89. The second-order valence-corrected chi connectivity index (χ2v) is 7.92. The van der Waals surface area contributed by atoms with Crippen molar-refractivity contribution in [2.24, 2.45) is 7.05 Å². The summed E-state index contributed by atoms with van der Waals surface area (Å²) in [6.45, 7) is 2.58. The van der Waals surface area contributed by atoms with Gasteiger partial charge in [-0.3, -0.25) is 4.79 Å². The van der Waals surface area contributed by atoms with Gasteiger partial charge in [0.1, 0.15) is 5.75 Å². The number of aromatic amines is 1. The molecule has 2 aromatic heterocycles. The van der Waals surface area contributed by atoms with Crippen LogP contribution in [0.3, 0.4) is 0 Å². The number of aliphatic hydroxyl groups excluding tert-OH is 1. The van der Waals surface area contributed by atoms with E-state index in [2.05, 4.69) is 27.0 Å². The maximum atomic E-state index is 12.3. The minimum absolute atomic E-state index is 0. The van der Waals surface area contributed by atoms with Crippen LogP contribution in [0.25, 0.3) is 22.2 Å². The average molecular weight is 448 g/mol. The van der Waals surface area contributed by atoms with Crippen molar-refractivity contribution in [1.29, 1.82) is 0 Å². The van der Waals surface area contributed by atoms with E-state index in [9.17, 15) is 24.9 Å². The molecule has 166 valence electrons. The Morgan fingerprint density at radius 1 is 1.29 bits per heavy atom. The molecule has 1 aromatic carbocycles. The van der Waals surface area contributed by atoms with E-state index in [0.29, 0.717) is 24.2 Å². The summed E-state index contributed by atoms with van der Waals surface area (Å²) in [6, 6.07) is 6.13. The van der Waals surface area contributed by atoms with Crippen LogP contribution in [-0.4, -0.2) is 43.5 Å². The number of benzene rings is 1. The van der Waals surface area contributed by atoms with Crippen molar-refractivity contribution in [3.63, 3.8) is 0 Å². The quantitative estimate of drug-likeness (QED) is 0.408. The van der Waals surface area contributed by atoms with E-state index >= 15 is 0 Å². The van der Waals surface area contributed by atoms with Gasteiger partial charge in [0.05, 0.1) is 12.3 Å². The number of aromatic carboxylic acids is 1. The summed E-state index contributed by atoms with van der Waals surface area (Å²) in [5, 5.41) is 33.3. The van der Waals surface area contributed by atoms with E-state index in [-0.39, 0.29) is 25.1 Å². The number of nitrogens with one attached hydrogen (secondary N) is 2. The summed E-state index contributed by atoms with van der Waals surface area (Å²) in [5.41, 5.74) is 3.53. The first-order chi connectivity index (χ1) is 14.3.